The SMILES string of the molecule is [B]N(CCC)CCCCCN. The van der Waals surface area contributed by atoms with Gasteiger partial charge in [0.15, 0.2) is 7.98 Å². The first kappa shape index (κ1) is 11.0. The summed E-state index contributed by atoms with van der Waals surface area (Å²) in [5.74, 6) is 0. The summed E-state index contributed by atoms with van der Waals surface area (Å²) in [7, 11) is 5.67. The van der Waals surface area contributed by atoms with Crippen molar-refractivity contribution >= 4 is 7.98 Å². The van der Waals surface area contributed by atoms with E-state index in [1.54, 1.807) is 0 Å². The normalized spacial score (nSPS) is 10.8. The van der Waals surface area contributed by atoms with Gasteiger partial charge in [-0.25, -0.2) is 0 Å². The summed E-state index contributed by atoms with van der Waals surface area (Å²) in [6.45, 7) is 4.95. The fraction of sp³-hybridized carbons (Fsp3) is 1.00. The van der Waals surface area contributed by atoms with Crippen molar-refractivity contribution in [2.75, 3.05) is 19.6 Å². The number of rotatable bonds is 7. The molecule has 0 rings (SSSR count). The Labute approximate surface area is 71.6 Å². The van der Waals surface area contributed by atoms with Gasteiger partial charge in [-0.2, -0.15) is 0 Å². The van der Waals surface area contributed by atoms with Crippen LogP contribution in [0.25, 0.3) is 0 Å². The topological polar surface area (TPSA) is 29.3 Å². The molecule has 0 aromatic carbocycles. The maximum Gasteiger partial charge on any atom is 0.182 e. The van der Waals surface area contributed by atoms with Crippen LogP contribution < -0.4 is 5.73 Å². The lowest BCUT2D eigenvalue weighted by Crippen LogP contribution is -2.22. The van der Waals surface area contributed by atoms with E-state index in [1.807, 2.05) is 4.81 Å². The third-order valence-electron chi connectivity index (χ3n) is 1.66. The monoisotopic (exact) mass is 154 g/mol. The number of hydrogen-bond acceptors (Lipinski definition) is 2. The number of nitrogens with two attached hydrogens (primary N) is 1. The van der Waals surface area contributed by atoms with Crippen molar-refractivity contribution < 1.29 is 0 Å². The van der Waals surface area contributed by atoms with E-state index < -0.39 is 0 Å². The van der Waals surface area contributed by atoms with E-state index in [2.05, 4.69) is 6.92 Å². The first-order chi connectivity index (χ1) is 5.31. The minimum absolute atomic E-state index is 0.804. The first-order valence-electron chi connectivity index (χ1n) is 4.51. The lowest BCUT2D eigenvalue weighted by Gasteiger charge is -2.15. The summed E-state index contributed by atoms with van der Waals surface area (Å²) in [4.78, 5) is 1.89. The van der Waals surface area contributed by atoms with E-state index in [9.17, 15) is 0 Å². The van der Waals surface area contributed by atoms with E-state index in [-0.39, 0.29) is 0 Å². The Balaban J connectivity index is 2.97. The summed E-state index contributed by atoms with van der Waals surface area (Å²) in [6, 6.07) is 0. The van der Waals surface area contributed by atoms with E-state index in [4.69, 9.17) is 13.7 Å². The van der Waals surface area contributed by atoms with Crippen LogP contribution in [0, 0.1) is 0 Å². The van der Waals surface area contributed by atoms with Gasteiger partial charge in [-0.1, -0.05) is 13.3 Å². The number of unbranched alkanes of at least 4 members (excludes halogenated alkanes) is 2. The first-order valence-corrected chi connectivity index (χ1v) is 4.51. The summed E-state index contributed by atoms with van der Waals surface area (Å²) in [5, 5.41) is 0. The molecule has 0 atom stereocenters. The van der Waals surface area contributed by atoms with Gasteiger partial charge in [0.1, 0.15) is 0 Å². The molecule has 3 heteroatoms. The van der Waals surface area contributed by atoms with Crippen molar-refractivity contribution in [3.8, 4) is 0 Å². The summed E-state index contributed by atoms with van der Waals surface area (Å²) in [6.07, 6.45) is 4.63. The lowest BCUT2D eigenvalue weighted by molar-refractivity contribution is 0.432. The highest BCUT2D eigenvalue weighted by Crippen LogP contribution is 1.95. The molecule has 2 N–H and O–H groups in total. The predicted molar refractivity (Wildman–Crippen MR) is 50.5 cm³/mol. The smallest absolute Gasteiger partial charge is 0.182 e. The molecular formula is C8H19BN2. The highest BCUT2D eigenvalue weighted by molar-refractivity contribution is 6.04. The second kappa shape index (κ2) is 8.09. The van der Waals surface area contributed by atoms with Crippen molar-refractivity contribution in [1.82, 2.24) is 4.81 Å². The van der Waals surface area contributed by atoms with Crippen molar-refractivity contribution in [1.29, 1.82) is 0 Å². The third-order valence-corrected chi connectivity index (χ3v) is 1.66. The van der Waals surface area contributed by atoms with Crippen molar-refractivity contribution in [3.05, 3.63) is 0 Å². The van der Waals surface area contributed by atoms with E-state index in [1.165, 1.54) is 12.8 Å². The molecule has 0 heterocycles. The van der Waals surface area contributed by atoms with Crippen LogP contribution in [0.2, 0.25) is 0 Å². The van der Waals surface area contributed by atoms with Crippen molar-refractivity contribution in [2.45, 2.75) is 32.6 Å². The Morgan fingerprint density at radius 1 is 1.18 bits per heavy atom. The quantitative estimate of drug-likeness (QED) is 0.436. The fourth-order valence-corrected chi connectivity index (χ4v) is 1.04. The molecule has 0 aromatic heterocycles. The van der Waals surface area contributed by atoms with E-state index in [0.717, 1.165) is 32.5 Å². The zero-order valence-corrected chi connectivity index (χ0v) is 7.55. The predicted octanol–water partition coefficient (Wildman–Crippen LogP) is 0.911. The average molecular weight is 154 g/mol. The largest absolute Gasteiger partial charge is 0.353 e. The minimum Gasteiger partial charge on any atom is -0.353 e. The maximum absolute atomic E-state index is 5.67. The molecule has 0 saturated carbocycles. The van der Waals surface area contributed by atoms with Crippen molar-refractivity contribution in [3.63, 3.8) is 0 Å². The average Bonchev–Trinajstić information content (AvgIpc) is 1.99. The van der Waals surface area contributed by atoms with Gasteiger partial charge in [0, 0.05) is 0 Å². The van der Waals surface area contributed by atoms with Gasteiger partial charge < -0.3 is 10.5 Å². The van der Waals surface area contributed by atoms with Gasteiger partial charge in [0.05, 0.1) is 0 Å². The van der Waals surface area contributed by atoms with Crippen LogP contribution in [0.3, 0.4) is 0 Å². The van der Waals surface area contributed by atoms with E-state index >= 15 is 0 Å². The molecule has 0 aromatic rings. The molecule has 64 valence electrons. The van der Waals surface area contributed by atoms with Crippen LogP contribution in [0.15, 0.2) is 0 Å². The van der Waals surface area contributed by atoms with Crippen LogP contribution in [0.5, 0.6) is 0 Å². The Hall–Kier alpha value is -0.0151. The Morgan fingerprint density at radius 3 is 2.45 bits per heavy atom. The highest BCUT2D eigenvalue weighted by Gasteiger charge is 1.94. The van der Waals surface area contributed by atoms with Gasteiger partial charge >= 0.3 is 0 Å². The lowest BCUT2D eigenvalue weighted by atomic mass is 10.2. The van der Waals surface area contributed by atoms with Gasteiger partial charge in [-0.3, -0.25) is 0 Å². The number of nitrogens with zero attached hydrogens (tertiary/aromatic N) is 1. The van der Waals surface area contributed by atoms with Gasteiger partial charge in [0.25, 0.3) is 0 Å². The minimum atomic E-state index is 0.804. The summed E-state index contributed by atoms with van der Waals surface area (Å²) >= 11 is 0. The van der Waals surface area contributed by atoms with Crippen LogP contribution in [0.1, 0.15) is 32.6 Å². The van der Waals surface area contributed by atoms with Crippen molar-refractivity contribution in [2.24, 2.45) is 5.73 Å². The molecule has 0 saturated heterocycles. The molecule has 0 aliphatic heterocycles. The highest BCUT2D eigenvalue weighted by atomic mass is 15.0. The molecule has 0 aliphatic rings. The Bertz CT molecular complexity index is 78.5. The van der Waals surface area contributed by atoms with Crippen LogP contribution in [-0.2, 0) is 0 Å². The molecule has 0 amide bonds. The zero-order chi connectivity index (χ0) is 8.53. The number of hydrogen-bond donors (Lipinski definition) is 1. The Morgan fingerprint density at radius 2 is 1.91 bits per heavy atom. The summed E-state index contributed by atoms with van der Waals surface area (Å²) < 4.78 is 0. The van der Waals surface area contributed by atoms with Gasteiger partial charge in [-0.15, -0.1) is 0 Å². The maximum atomic E-state index is 5.67. The zero-order valence-electron chi connectivity index (χ0n) is 7.55. The molecule has 2 radical (unpaired) electrons. The molecule has 0 aliphatic carbocycles. The van der Waals surface area contributed by atoms with Crippen LogP contribution in [-0.4, -0.2) is 32.4 Å². The fourth-order valence-electron chi connectivity index (χ4n) is 1.04. The Kier molecular flexibility index (Phi) is 8.07. The molecule has 0 unspecified atom stereocenters. The second-order valence-corrected chi connectivity index (χ2v) is 2.89. The summed E-state index contributed by atoms with van der Waals surface area (Å²) in [5.41, 5.74) is 5.36. The second-order valence-electron chi connectivity index (χ2n) is 2.89. The molecule has 0 bridgehead atoms. The van der Waals surface area contributed by atoms with Gasteiger partial charge in [-0.05, 0) is 38.9 Å². The molecule has 2 nitrogen and oxygen atoms in total. The molecule has 0 fully saturated rings. The van der Waals surface area contributed by atoms with E-state index in [0.29, 0.717) is 0 Å². The third kappa shape index (κ3) is 7.89. The molecule has 0 spiro atoms. The standard InChI is InChI=1S/C8H19BN2/c1-2-7-11(9)8-5-3-4-6-10/h2-8,10H2,1H3. The molecular weight excluding hydrogens is 135 g/mol. The van der Waals surface area contributed by atoms with Crippen LogP contribution in [0.4, 0.5) is 0 Å². The van der Waals surface area contributed by atoms with Gasteiger partial charge in [0.2, 0.25) is 0 Å². The van der Waals surface area contributed by atoms with Crippen LogP contribution >= 0.6 is 0 Å². The molecule has 11 heavy (non-hydrogen) atoms.